The van der Waals surface area contributed by atoms with Crippen molar-refractivity contribution in [2.75, 3.05) is 14.2 Å². The molecule has 0 unspecified atom stereocenters. The summed E-state index contributed by atoms with van der Waals surface area (Å²) in [5, 5.41) is 2.35. The number of hydrogen-bond donors (Lipinski definition) is 0. The number of rotatable bonds is 7. The highest BCUT2D eigenvalue weighted by atomic mass is 32.1. The van der Waals surface area contributed by atoms with Gasteiger partial charge in [-0.1, -0.05) is 102 Å². The van der Waals surface area contributed by atoms with Crippen molar-refractivity contribution in [1.29, 1.82) is 0 Å². The molecule has 0 radical (unpaired) electrons. The Balaban J connectivity index is 1.25. The first-order valence-electron chi connectivity index (χ1n) is 15.7. The standard InChI is InChI=1S/C40H32N2O4S/c1-44-34-21-19-28(22-35(34)45-2)38-32-20-18-26-11-4-7-16-31(26)37(32)41-40-42(38)39(43)36(47-40)23-27-12-5-8-17-33(27)46-24-29-14-9-13-25-10-3-6-15-30(25)29/h3-17,19,21-23,38H,18,20,24H2,1-2H3/b36-23-/t38-/m1/s1. The van der Waals surface area contributed by atoms with E-state index < -0.39 is 0 Å². The molecule has 6 aromatic rings. The molecule has 0 saturated heterocycles. The second kappa shape index (κ2) is 12.1. The second-order valence-corrected chi connectivity index (χ2v) is 12.7. The Bertz CT molecular complexity index is 2380. The third-order valence-electron chi connectivity index (χ3n) is 9.07. The van der Waals surface area contributed by atoms with Crippen LogP contribution >= 0.6 is 11.3 Å². The molecule has 6 nitrogen and oxygen atoms in total. The van der Waals surface area contributed by atoms with Crippen LogP contribution in [-0.4, -0.2) is 18.8 Å². The lowest BCUT2D eigenvalue weighted by molar-refractivity contribution is 0.307. The van der Waals surface area contributed by atoms with Crippen molar-refractivity contribution in [1.82, 2.24) is 4.57 Å². The number of ether oxygens (including phenoxy) is 3. The van der Waals surface area contributed by atoms with E-state index in [1.807, 2.05) is 65.2 Å². The molecule has 0 amide bonds. The van der Waals surface area contributed by atoms with E-state index >= 15 is 0 Å². The maximum atomic E-state index is 14.4. The number of fused-ring (bicyclic) bond motifs is 4. The lowest BCUT2D eigenvalue weighted by Gasteiger charge is -2.31. The molecule has 0 bridgehead atoms. The van der Waals surface area contributed by atoms with Crippen LogP contribution in [0, 0.1) is 0 Å². The van der Waals surface area contributed by atoms with Gasteiger partial charge in [-0.15, -0.1) is 0 Å². The molecule has 0 N–H and O–H groups in total. The van der Waals surface area contributed by atoms with Crippen molar-refractivity contribution in [3.63, 3.8) is 0 Å². The summed E-state index contributed by atoms with van der Waals surface area (Å²) >= 11 is 1.41. The first-order chi connectivity index (χ1) is 23.1. The molecule has 47 heavy (non-hydrogen) atoms. The highest BCUT2D eigenvalue weighted by molar-refractivity contribution is 7.07. The van der Waals surface area contributed by atoms with Gasteiger partial charge in [0.15, 0.2) is 16.3 Å². The lowest BCUT2D eigenvalue weighted by Crippen LogP contribution is -2.38. The molecule has 5 aromatic carbocycles. The van der Waals surface area contributed by atoms with Crippen molar-refractivity contribution < 1.29 is 14.2 Å². The predicted octanol–water partition coefficient (Wildman–Crippen LogP) is 7.07. The molecule has 0 spiro atoms. The van der Waals surface area contributed by atoms with E-state index in [4.69, 9.17) is 19.2 Å². The fraction of sp³-hybridized carbons (Fsp3) is 0.150. The van der Waals surface area contributed by atoms with Gasteiger partial charge < -0.3 is 14.2 Å². The van der Waals surface area contributed by atoms with E-state index in [0.29, 0.717) is 27.4 Å². The maximum absolute atomic E-state index is 14.4. The van der Waals surface area contributed by atoms with Crippen LogP contribution in [0.3, 0.4) is 0 Å². The fourth-order valence-electron chi connectivity index (χ4n) is 6.79. The molecule has 1 aliphatic heterocycles. The summed E-state index contributed by atoms with van der Waals surface area (Å²) < 4.78 is 20.1. The van der Waals surface area contributed by atoms with Gasteiger partial charge in [0.1, 0.15) is 12.4 Å². The van der Waals surface area contributed by atoms with Gasteiger partial charge in [0.05, 0.1) is 30.5 Å². The van der Waals surface area contributed by atoms with Crippen molar-refractivity contribution in [2.45, 2.75) is 25.5 Å². The minimum Gasteiger partial charge on any atom is -0.493 e. The van der Waals surface area contributed by atoms with E-state index in [2.05, 4.69) is 54.6 Å². The first-order valence-corrected chi connectivity index (χ1v) is 16.5. The highest BCUT2D eigenvalue weighted by Gasteiger charge is 2.33. The average Bonchev–Trinajstić information content (AvgIpc) is 3.43. The Morgan fingerprint density at radius 1 is 0.830 bits per heavy atom. The zero-order valence-electron chi connectivity index (χ0n) is 26.1. The number of hydrogen-bond acceptors (Lipinski definition) is 6. The predicted molar refractivity (Wildman–Crippen MR) is 187 cm³/mol. The Morgan fingerprint density at radius 2 is 1.62 bits per heavy atom. The smallest absolute Gasteiger partial charge is 0.271 e. The molecule has 7 heteroatoms. The minimum atomic E-state index is -0.325. The molecule has 0 saturated carbocycles. The number of benzene rings is 5. The summed E-state index contributed by atoms with van der Waals surface area (Å²) in [6.45, 7) is 0.416. The van der Waals surface area contributed by atoms with Crippen LogP contribution in [0.4, 0.5) is 0 Å². The van der Waals surface area contributed by atoms with Gasteiger partial charge in [-0.25, -0.2) is 4.99 Å². The number of allylic oxidation sites excluding steroid dienone is 1. The van der Waals surface area contributed by atoms with Crippen LogP contribution < -0.4 is 29.1 Å². The summed E-state index contributed by atoms with van der Waals surface area (Å²) in [5.74, 6) is 1.99. The van der Waals surface area contributed by atoms with Gasteiger partial charge in [0.25, 0.3) is 5.56 Å². The van der Waals surface area contributed by atoms with E-state index in [0.717, 1.165) is 52.1 Å². The summed E-state index contributed by atoms with van der Waals surface area (Å²) in [5.41, 5.74) is 7.32. The normalized spacial score (nSPS) is 15.4. The number of methoxy groups -OCH3 is 2. The van der Waals surface area contributed by atoms with E-state index in [-0.39, 0.29) is 11.6 Å². The SMILES string of the molecule is COc1ccc([C@@H]2C3=C(N=c4s/c(=C\c5ccccc5OCc5cccc6ccccc56)c(=O)n42)c2ccccc2CC3)cc1OC. The van der Waals surface area contributed by atoms with Gasteiger partial charge in [-0.2, -0.15) is 0 Å². The first kappa shape index (κ1) is 29.0. The van der Waals surface area contributed by atoms with Gasteiger partial charge in [0, 0.05) is 11.1 Å². The van der Waals surface area contributed by atoms with Crippen LogP contribution in [0.5, 0.6) is 17.2 Å². The zero-order chi connectivity index (χ0) is 31.9. The number of aromatic nitrogens is 1. The number of para-hydroxylation sites is 1. The topological polar surface area (TPSA) is 62.0 Å². The molecule has 1 atom stereocenters. The van der Waals surface area contributed by atoms with Crippen LogP contribution in [0.1, 0.15) is 40.3 Å². The van der Waals surface area contributed by atoms with Gasteiger partial charge >= 0.3 is 0 Å². The maximum Gasteiger partial charge on any atom is 0.271 e. The van der Waals surface area contributed by atoms with E-state index in [1.165, 1.54) is 27.7 Å². The van der Waals surface area contributed by atoms with Crippen LogP contribution in [-0.2, 0) is 13.0 Å². The molecule has 8 rings (SSSR count). The number of aryl methyl sites for hydroxylation is 1. The molecule has 1 aromatic heterocycles. The van der Waals surface area contributed by atoms with Gasteiger partial charge in [0.2, 0.25) is 0 Å². The summed E-state index contributed by atoms with van der Waals surface area (Å²) in [6, 6.07) is 36.5. The van der Waals surface area contributed by atoms with Crippen LogP contribution in [0.2, 0.25) is 0 Å². The Hall–Kier alpha value is -5.40. The molecular weight excluding hydrogens is 605 g/mol. The van der Waals surface area contributed by atoms with Crippen molar-refractivity contribution in [3.05, 3.63) is 162 Å². The molecular formula is C40H32N2O4S. The Kier molecular flexibility index (Phi) is 7.46. The monoisotopic (exact) mass is 636 g/mol. The van der Waals surface area contributed by atoms with Crippen LogP contribution in [0.15, 0.2) is 125 Å². The second-order valence-electron chi connectivity index (χ2n) is 11.7. The molecule has 2 heterocycles. The van der Waals surface area contributed by atoms with Gasteiger partial charge in [-0.05, 0) is 70.2 Å². The minimum absolute atomic E-state index is 0.0807. The van der Waals surface area contributed by atoms with Gasteiger partial charge in [-0.3, -0.25) is 9.36 Å². The third kappa shape index (κ3) is 5.13. The van der Waals surface area contributed by atoms with Crippen molar-refractivity contribution in [3.8, 4) is 17.2 Å². The number of thiazole rings is 1. The summed E-state index contributed by atoms with van der Waals surface area (Å²) in [4.78, 5) is 20.2. The molecule has 2 aliphatic rings. The van der Waals surface area contributed by atoms with Crippen molar-refractivity contribution >= 4 is 33.9 Å². The van der Waals surface area contributed by atoms with Crippen molar-refractivity contribution in [2.24, 2.45) is 4.99 Å². The highest BCUT2D eigenvalue weighted by Crippen LogP contribution is 2.42. The molecule has 232 valence electrons. The van der Waals surface area contributed by atoms with E-state index in [1.54, 1.807) is 14.2 Å². The summed E-state index contributed by atoms with van der Waals surface area (Å²) in [7, 11) is 3.26. The molecule has 0 fully saturated rings. The number of nitrogens with zero attached hydrogens (tertiary/aromatic N) is 2. The third-order valence-corrected chi connectivity index (χ3v) is 10.0. The summed E-state index contributed by atoms with van der Waals surface area (Å²) in [6.07, 6.45) is 3.63. The van der Waals surface area contributed by atoms with Crippen LogP contribution in [0.25, 0.3) is 22.5 Å². The fourth-order valence-corrected chi connectivity index (χ4v) is 7.78. The molecule has 1 aliphatic carbocycles. The largest absolute Gasteiger partial charge is 0.493 e. The quantitative estimate of drug-likeness (QED) is 0.188. The zero-order valence-corrected chi connectivity index (χ0v) is 26.9. The van der Waals surface area contributed by atoms with E-state index in [9.17, 15) is 4.79 Å². The Labute approximate surface area is 276 Å². The average molecular weight is 637 g/mol. The lowest BCUT2D eigenvalue weighted by atomic mass is 9.83. The Morgan fingerprint density at radius 3 is 2.51 bits per heavy atom.